The Balaban J connectivity index is 1.55. The van der Waals surface area contributed by atoms with Crippen molar-refractivity contribution in [1.82, 2.24) is 24.3 Å². The smallest absolute Gasteiger partial charge is 0.277 e. The molecule has 1 fully saturated rings. The third kappa shape index (κ3) is 5.91. The number of hydrogen-bond acceptors (Lipinski definition) is 8. The zero-order valence-corrected chi connectivity index (χ0v) is 24.6. The van der Waals surface area contributed by atoms with Crippen LogP contribution in [-0.4, -0.2) is 53.0 Å². The van der Waals surface area contributed by atoms with E-state index in [2.05, 4.69) is 19.8 Å². The molecule has 12 heteroatoms. The highest BCUT2D eigenvalue weighted by Crippen LogP contribution is 2.35. The van der Waals surface area contributed by atoms with Crippen LogP contribution in [0.4, 0.5) is 0 Å². The molecule has 1 aliphatic heterocycles. The number of benzene rings is 2. The van der Waals surface area contributed by atoms with Gasteiger partial charge in [-0.3, -0.25) is 4.79 Å². The molecular formula is C29H35N5O6S. The molecule has 5 rings (SSSR count). The van der Waals surface area contributed by atoms with Crippen molar-refractivity contribution in [2.75, 3.05) is 13.2 Å². The van der Waals surface area contributed by atoms with Crippen LogP contribution < -0.4 is 15.0 Å². The van der Waals surface area contributed by atoms with Crippen molar-refractivity contribution in [2.45, 2.75) is 70.3 Å². The quantitative estimate of drug-likeness (QED) is 0.304. The van der Waals surface area contributed by atoms with E-state index in [1.54, 1.807) is 26.8 Å². The monoisotopic (exact) mass is 581 g/mol. The van der Waals surface area contributed by atoms with Gasteiger partial charge in [-0.05, 0) is 57.9 Å². The highest BCUT2D eigenvalue weighted by atomic mass is 32.2. The summed E-state index contributed by atoms with van der Waals surface area (Å²) in [6.07, 6.45) is 0.882. The molecule has 0 saturated carbocycles. The van der Waals surface area contributed by atoms with E-state index in [1.807, 2.05) is 44.2 Å². The van der Waals surface area contributed by atoms with Crippen molar-refractivity contribution < 1.29 is 22.6 Å². The molecule has 218 valence electrons. The summed E-state index contributed by atoms with van der Waals surface area (Å²) in [6.45, 7) is 9.64. The normalized spacial score (nSPS) is 19.0. The number of aromatic nitrogens is 4. The van der Waals surface area contributed by atoms with Crippen molar-refractivity contribution in [3.63, 3.8) is 0 Å². The molecule has 0 radical (unpaired) electrons. The number of aromatic amines is 1. The maximum atomic E-state index is 13.7. The molecule has 2 aromatic heterocycles. The topological polar surface area (TPSA) is 137 Å². The Bertz CT molecular complexity index is 1720. The highest BCUT2D eigenvalue weighted by Gasteiger charge is 2.39. The van der Waals surface area contributed by atoms with Crippen LogP contribution in [0.25, 0.3) is 16.9 Å². The summed E-state index contributed by atoms with van der Waals surface area (Å²) in [5.74, 6) is 0.331. The Labute approximate surface area is 238 Å². The van der Waals surface area contributed by atoms with E-state index in [1.165, 1.54) is 16.6 Å². The molecule has 2 unspecified atom stereocenters. The number of aryl methyl sites for hydroxylation is 2. The molecule has 2 atom stereocenters. The van der Waals surface area contributed by atoms with E-state index in [4.69, 9.17) is 14.2 Å². The molecule has 0 spiro atoms. The van der Waals surface area contributed by atoms with Gasteiger partial charge in [0.25, 0.3) is 5.56 Å². The van der Waals surface area contributed by atoms with Gasteiger partial charge < -0.3 is 19.2 Å². The lowest BCUT2D eigenvalue weighted by atomic mass is 10.0. The molecule has 1 aliphatic rings. The fraction of sp³-hybridized carbons (Fsp3) is 0.414. The van der Waals surface area contributed by atoms with Crippen LogP contribution in [0.2, 0.25) is 0 Å². The molecule has 4 aromatic rings. The third-order valence-electron chi connectivity index (χ3n) is 6.85. The Kier molecular flexibility index (Phi) is 8.02. The lowest BCUT2D eigenvalue weighted by molar-refractivity contribution is -0.283. The Morgan fingerprint density at radius 3 is 2.63 bits per heavy atom. The van der Waals surface area contributed by atoms with Crippen molar-refractivity contribution in [2.24, 2.45) is 0 Å². The Hall–Kier alpha value is -3.58. The number of rotatable bonds is 9. The van der Waals surface area contributed by atoms with Crippen molar-refractivity contribution >= 4 is 15.5 Å². The van der Waals surface area contributed by atoms with Crippen LogP contribution in [0, 0.1) is 6.92 Å². The molecule has 0 aliphatic carbocycles. The fourth-order valence-corrected chi connectivity index (χ4v) is 6.24. The van der Waals surface area contributed by atoms with Crippen molar-refractivity contribution in [3.8, 4) is 17.1 Å². The molecular weight excluding hydrogens is 546 g/mol. The summed E-state index contributed by atoms with van der Waals surface area (Å²) in [5.41, 5.74) is 1.72. The maximum absolute atomic E-state index is 13.7. The van der Waals surface area contributed by atoms with Gasteiger partial charge >= 0.3 is 0 Å². The van der Waals surface area contributed by atoms with E-state index in [0.717, 1.165) is 12.0 Å². The first-order valence-electron chi connectivity index (χ1n) is 13.7. The van der Waals surface area contributed by atoms with Crippen LogP contribution in [0.3, 0.4) is 0 Å². The lowest BCUT2D eigenvalue weighted by Gasteiger charge is -2.41. The van der Waals surface area contributed by atoms with Gasteiger partial charge in [0.15, 0.2) is 17.1 Å². The molecule has 41 heavy (non-hydrogen) atoms. The van der Waals surface area contributed by atoms with Crippen molar-refractivity contribution in [3.05, 3.63) is 76.0 Å². The van der Waals surface area contributed by atoms with Crippen LogP contribution in [-0.2, 0) is 25.9 Å². The minimum absolute atomic E-state index is 0.0223. The van der Waals surface area contributed by atoms with Gasteiger partial charge in [-0.1, -0.05) is 37.3 Å². The van der Waals surface area contributed by atoms with Crippen LogP contribution in [0.15, 0.2) is 58.2 Å². The zero-order valence-electron chi connectivity index (χ0n) is 23.8. The summed E-state index contributed by atoms with van der Waals surface area (Å²) < 4.78 is 49.6. The molecule has 0 bridgehead atoms. The average Bonchev–Trinajstić information content (AvgIpc) is 3.25. The second-order valence-electron chi connectivity index (χ2n) is 10.4. The van der Waals surface area contributed by atoms with Gasteiger partial charge in [-0.25, -0.2) is 22.6 Å². The standard InChI is InChI=1S/C29H35N5O6S/c1-6-11-24-30-18(3)25-28(35)31-27(32-34(24)25)21-16-20(14-15-23(21)38-7-2)41(36,37)33-22-17-39-29(4,5)40-26(22)19-12-9-8-10-13-19/h8-10,12-16,22,26,33H,6-7,11,17H2,1-5H3,(H,31,32,35). The minimum atomic E-state index is -4.07. The van der Waals surface area contributed by atoms with Gasteiger partial charge in [0.1, 0.15) is 17.7 Å². The second-order valence-corrected chi connectivity index (χ2v) is 12.1. The predicted octanol–water partition coefficient (Wildman–Crippen LogP) is 3.92. The number of H-pyrrole nitrogens is 1. The van der Waals surface area contributed by atoms with Gasteiger partial charge in [0, 0.05) is 6.42 Å². The Morgan fingerprint density at radius 2 is 1.93 bits per heavy atom. The summed E-state index contributed by atoms with van der Waals surface area (Å²) in [6, 6.07) is 13.2. The van der Waals surface area contributed by atoms with E-state index in [9.17, 15) is 13.2 Å². The first-order valence-corrected chi connectivity index (χ1v) is 15.2. The molecule has 2 N–H and O–H groups in total. The second kappa shape index (κ2) is 11.4. The zero-order chi connectivity index (χ0) is 29.4. The van der Waals surface area contributed by atoms with E-state index < -0.39 is 28.0 Å². The number of fused-ring (bicyclic) bond motifs is 1. The number of hydrogen-bond donors (Lipinski definition) is 2. The van der Waals surface area contributed by atoms with Gasteiger partial charge in [0.05, 0.1) is 35.4 Å². The summed E-state index contributed by atoms with van der Waals surface area (Å²) in [4.78, 5) is 20.4. The number of nitrogens with one attached hydrogen (secondary N) is 2. The summed E-state index contributed by atoms with van der Waals surface area (Å²) in [7, 11) is -4.07. The first-order chi connectivity index (χ1) is 19.5. The van der Waals surface area contributed by atoms with Gasteiger partial charge in [0.2, 0.25) is 10.0 Å². The molecule has 1 saturated heterocycles. The number of ether oxygens (including phenoxy) is 3. The van der Waals surface area contributed by atoms with Gasteiger partial charge in [-0.15, -0.1) is 5.10 Å². The number of nitrogens with zero attached hydrogens (tertiary/aromatic N) is 3. The average molecular weight is 582 g/mol. The van der Waals surface area contributed by atoms with Crippen molar-refractivity contribution in [1.29, 1.82) is 0 Å². The SMILES string of the molecule is CCCc1nc(C)c2c(=O)[nH]c(-c3cc(S(=O)(=O)NC4COC(C)(C)OC4c4ccccc4)ccc3OCC)nn12. The summed E-state index contributed by atoms with van der Waals surface area (Å²) in [5, 5.41) is 4.66. The highest BCUT2D eigenvalue weighted by molar-refractivity contribution is 7.89. The van der Waals surface area contributed by atoms with Gasteiger partial charge in [-0.2, -0.15) is 0 Å². The maximum Gasteiger partial charge on any atom is 0.277 e. The Morgan fingerprint density at radius 1 is 1.17 bits per heavy atom. The fourth-order valence-electron chi connectivity index (χ4n) is 4.99. The molecule has 2 aromatic carbocycles. The minimum Gasteiger partial charge on any atom is -0.493 e. The van der Waals surface area contributed by atoms with E-state index >= 15 is 0 Å². The van der Waals surface area contributed by atoms with Crippen LogP contribution >= 0.6 is 0 Å². The van der Waals surface area contributed by atoms with E-state index in [0.29, 0.717) is 41.4 Å². The number of imidazole rings is 1. The molecule has 11 nitrogen and oxygen atoms in total. The third-order valence-corrected chi connectivity index (χ3v) is 8.34. The van der Waals surface area contributed by atoms with Crippen LogP contribution in [0.5, 0.6) is 5.75 Å². The predicted molar refractivity (Wildman–Crippen MR) is 153 cm³/mol. The molecule has 0 amide bonds. The van der Waals surface area contributed by atoms with E-state index in [-0.39, 0.29) is 22.9 Å². The lowest BCUT2D eigenvalue weighted by Crippen LogP contribution is -2.51. The largest absolute Gasteiger partial charge is 0.493 e. The summed E-state index contributed by atoms with van der Waals surface area (Å²) >= 11 is 0. The first kappa shape index (κ1) is 28.9. The molecule has 3 heterocycles. The number of sulfonamides is 1. The van der Waals surface area contributed by atoms with Crippen LogP contribution in [0.1, 0.15) is 57.3 Å².